The van der Waals surface area contributed by atoms with Crippen molar-refractivity contribution in [3.05, 3.63) is 77.7 Å². The Kier molecular flexibility index (Phi) is 7.60. The Morgan fingerprint density at radius 1 is 1.00 bits per heavy atom. The summed E-state index contributed by atoms with van der Waals surface area (Å²) in [5.74, 6) is -1.79. The number of aromatic amines is 1. The minimum absolute atomic E-state index is 0.0403. The van der Waals surface area contributed by atoms with Gasteiger partial charge in [0.2, 0.25) is 11.8 Å². The molecule has 8 nitrogen and oxygen atoms in total. The number of benzene rings is 2. The third-order valence-corrected chi connectivity index (χ3v) is 3.74. The van der Waals surface area contributed by atoms with Gasteiger partial charge >= 0.3 is 0 Å². The van der Waals surface area contributed by atoms with Gasteiger partial charge in [-0.05, 0) is 24.3 Å². The van der Waals surface area contributed by atoms with E-state index < -0.39 is 17.6 Å². The van der Waals surface area contributed by atoms with Crippen LogP contribution in [0.5, 0.6) is 0 Å². The highest BCUT2D eigenvalue weighted by Gasteiger charge is 2.17. The number of hydrogen-bond acceptors (Lipinski definition) is 4. The number of aromatic nitrogens is 2. The number of rotatable bonds is 6. The fourth-order valence-corrected chi connectivity index (χ4v) is 2.32. The molecular weight excluding hydrogens is 377 g/mol. The molecule has 0 aliphatic rings. The Morgan fingerprint density at radius 2 is 1.66 bits per heavy atom. The van der Waals surface area contributed by atoms with E-state index in [1.807, 2.05) is 6.07 Å². The highest BCUT2D eigenvalue weighted by molar-refractivity contribution is 5.99. The molecule has 3 rings (SSSR count). The van der Waals surface area contributed by atoms with Crippen LogP contribution in [0, 0.1) is 5.82 Å². The van der Waals surface area contributed by atoms with E-state index in [1.165, 1.54) is 12.3 Å². The maximum Gasteiger partial charge on any atom is 0.255 e. The zero-order chi connectivity index (χ0) is 21.2. The van der Waals surface area contributed by atoms with Crippen LogP contribution in [-0.2, 0) is 4.79 Å². The molecular formula is C20H20FN5O3. The molecule has 2 aromatic carbocycles. The topological polar surface area (TPSA) is 144 Å². The average molecular weight is 397 g/mol. The molecule has 0 unspecified atom stereocenters. The summed E-state index contributed by atoms with van der Waals surface area (Å²) in [6.07, 6.45) is 1.35. The van der Waals surface area contributed by atoms with Crippen molar-refractivity contribution in [1.29, 1.82) is 0 Å². The van der Waals surface area contributed by atoms with Crippen LogP contribution < -0.4 is 16.8 Å². The molecule has 6 N–H and O–H groups in total. The second-order valence-electron chi connectivity index (χ2n) is 5.84. The average Bonchev–Trinajstić information content (AvgIpc) is 3.19. The van der Waals surface area contributed by atoms with Crippen molar-refractivity contribution < 1.29 is 18.8 Å². The highest BCUT2D eigenvalue weighted by atomic mass is 19.1. The van der Waals surface area contributed by atoms with Crippen LogP contribution in [0.4, 0.5) is 4.39 Å². The van der Waals surface area contributed by atoms with Gasteiger partial charge in [0.1, 0.15) is 5.82 Å². The van der Waals surface area contributed by atoms with E-state index in [-0.39, 0.29) is 30.0 Å². The standard InChI is InChI=1S/C13H13FN4O2.C7H7NO/c14-10-4-2-1-3-8(10)12-9(7-17-18-12)13(20)16-6-5-11(15)19;8-7(9)6-4-2-1-3-5-6/h1-4,7H,5-6H2,(H2,15,19)(H,16,20)(H,17,18);1-5H,(H2,8,9). The fourth-order valence-electron chi connectivity index (χ4n) is 2.32. The van der Waals surface area contributed by atoms with Gasteiger partial charge in [0.05, 0.1) is 17.5 Å². The van der Waals surface area contributed by atoms with Crippen molar-refractivity contribution in [2.24, 2.45) is 11.5 Å². The lowest BCUT2D eigenvalue weighted by molar-refractivity contribution is -0.117. The number of nitrogens with one attached hydrogen (secondary N) is 2. The van der Waals surface area contributed by atoms with Gasteiger partial charge in [0.25, 0.3) is 5.91 Å². The van der Waals surface area contributed by atoms with Gasteiger partial charge in [-0.3, -0.25) is 19.5 Å². The smallest absolute Gasteiger partial charge is 0.255 e. The van der Waals surface area contributed by atoms with E-state index in [9.17, 15) is 18.8 Å². The van der Waals surface area contributed by atoms with E-state index in [1.54, 1.807) is 42.5 Å². The number of halogens is 1. The minimum atomic E-state index is -0.508. The van der Waals surface area contributed by atoms with Crippen LogP contribution in [0.1, 0.15) is 27.1 Å². The predicted octanol–water partition coefficient (Wildman–Crippen LogP) is 1.61. The second-order valence-corrected chi connectivity index (χ2v) is 5.84. The molecule has 0 saturated heterocycles. The number of primary amides is 2. The van der Waals surface area contributed by atoms with Gasteiger partial charge < -0.3 is 16.8 Å². The van der Waals surface area contributed by atoms with Crippen LogP contribution in [0.2, 0.25) is 0 Å². The number of H-pyrrole nitrogens is 1. The summed E-state index contributed by atoms with van der Waals surface area (Å²) in [4.78, 5) is 33.0. The largest absolute Gasteiger partial charge is 0.370 e. The zero-order valence-corrected chi connectivity index (χ0v) is 15.4. The van der Waals surface area contributed by atoms with E-state index in [0.717, 1.165) is 0 Å². The van der Waals surface area contributed by atoms with Crippen molar-refractivity contribution in [3.8, 4) is 11.3 Å². The van der Waals surface area contributed by atoms with Crippen molar-refractivity contribution in [3.63, 3.8) is 0 Å². The van der Waals surface area contributed by atoms with Crippen LogP contribution in [-0.4, -0.2) is 34.5 Å². The van der Waals surface area contributed by atoms with Gasteiger partial charge in [0, 0.05) is 24.1 Å². The lowest BCUT2D eigenvalue weighted by Gasteiger charge is -2.05. The van der Waals surface area contributed by atoms with E-state index >= 15 is 0 Å². The molecule has 0 saturated carbocycles. The quantitative estimate of drug-likeness (QED) is 0.501. The van der Waals surface area contributed by atoms with Crippen molar-refractivity contribution in [2.45, 2.75) is 6.42 Å². The number of amides is 3. The second kappa shape index (κ2) is 10.4. The Bertz CT molecular complexity index is 989. The van der Waals surface area contributed by atoms with Crippen LogP contribution in [0.25, 0.3) is 11.3 Å². The minimum Gasteiger partial charge on any atom is -0.370 e. The molecule has 0 spiro atoms. The van der Waals surface area contributed by atoms with E-state index in [0.29, 0.717) is 11.3 Å². The molecule has 1 heterocycles. The molecule has 0 atom stereocenters. The van der Waals surface area contributed by atoms with Crippen molar-refractivity contribution in [1.82, 2.24) is 15.5 Å². The maximum atomic E-state index is 13.7. The van der Waals surface area contributed by atoms with Gasteiger partial charge in [-0.1, -0.05) is 30.3 Å². The first-order valence-corrected chi connectivity index (χ1v) is 8.59. The summed E-state index contributed by atoms with van der Waals surface area (Å²) in [5, 5.41) is 8.88. The number of carbonyl (C=O) groups is 3. The maximum absolute atomic E-state index is 13.7. The van der Waals surface area contributed by atoms with Gasteiger partial charge in [-0.2, -0.15) is 5.10 Å². The monoisotopic (exact) mass is 397 g/mol. The Labute approximate surface area is 166 Å². The van der Waals surface area contributed by atoms with E-state index in [4.69, 9.17) is 11.5 Å². The first-order chi connectivity index (χ1) is 13.9. The molecule has 0 aliphatic carbocycles. The molecule has 0 aliphatic heterocycles. The summed E-state index contributed by atoms with van der Waals surface area (Å²) in [5.41, 5.74) is 11.3. The van der Waals surface area contributed by atoms with Crippen molar-refractivity contribution in [2.75, 3.05) is 6.54 Å². The van der Waals surface area contributed by atoms with Gasteiger partial charge in [0.15, 0.2) is 0 Å². The molecule has 0 fully saturated rings. The lowest BCUT2D eigenvalue weighted by atomic mass is 10.1. The SMILES string of the molecule is NC(=O)CCNC(=O)c1cn[nH]c1-c1ccccc1F.NC(=O)c1ccccc1. The molecule has 3 aromatic rings. The van der Waals surface area contributed by atoms with Gasteiger partial charge in [-0.25, -0.2) is 4.39 Å². The Hall–Kier alpha value is -4.01. The first kappa shape index (κ1) is 21.3. The molecule has 9 heteroatoms. The van der Waals surface area contributed by atoms with Crippen molar-refractivity contribution >= 4 is 17.7 Å². The number of nitrogens with two attached hydrogens (primary N) is 2. The van der Waals surface area contributed by atoms with Crippen LogP contribution >= 0.6 is 0 Å². The fraction of sp³-hybridized carbons (Fsp3) is 0.100. The third-order valence-electron chi connectivity index (χ3n) is 3.74. The Morgan fingerprint density at radius 3 is 2.24 bits per heavy atom. The van der Waals surface area contributed by atoms with Crippen LogP contribution in [0.15, 0.2) is 60.8 Å². The summed E-state index contributed by atoms with van der Waals surface area (Å²) in [6, 6.07) is 14.8. The third kappa shape index (κ3) is 6.28. The zero-order valence-electron chi connectivity index (χ0n) is 15.4. The molecule has 150 valence electrons. The normalized spacial score (nSPS) is 9.83. The summed E-state index contributed by atoms with van der Waals surface area (Å²) in [6.45, 7) is 0.121. The Balaban J connectivity index is 0.000000278. The lowest BCUT2D eigenvalue weighted by Crippen LogP contribution is -2.28. The first-order valence-electron chi connectivity index (χ1n) is 8.59. The molecule has 0 radical (unpaired) electrons. The number of nitrogens with zero attached hydrogens (tertiary/aromatic N) is 1. The molecule has 3 amide bonds. The summed E-state index contributed by atoms with van der Waals surface area (Å²) < 4.78 is 13.7. The van der Waals surface area contributed by atoms with Gasteiger partial charge in [-0.15, -0.1) is 0 Å². The van der Waals surface area contributed by atoms with Crippen LogP contribution in [0.3, 0.4) is 0 Å². The summed E-state index contributed by atoms with van der Waals surface area (Å²) >= 11 is 0. The molecule has 29 heavy (non-hydrogen) atoms. The highest BCUT2D eigenvalue weighted by Crippen LogP contribution is 2.23. The number of hydrogen-bond donors (Lipinski definition) is 4. The molecule has 0 bridgehead atoms. The van der Waals surface area contributed by atoms with E-state index in [2.05, 4.69) is 15.5 Å². The predicted molar refractivity (Wildman–Crippen MR) is 105 cm³/mol. The molecule has 1 aromatic heterocycles. The summed E-state index contributed by atoms with van der Waals surface area (Å²) in [7, 11) is 0. The number of carbonyl (C=O) groups excluding carboxylic acids is 3.